The highest BCUT2D eigenvalue weighted by Gasteiger charge is 2.26. The molecule has 0 bridgehead atoms. The highest BCUT2D eigenvalue weighted by molar-refractivity contribution is 7.92. The van der Waals surface area contributed by atoms with Crippen molar-refractivity contribution in [2.75, 3.05) is 48.1 Å². The topological polar surface area (TPSA) is 89.9 Å². The summed E-state index contributed by atoms with van der Waals surface area (Å²) in [5.74, 6) is -0.572. The van der Waals surface area contributed by atoms with Crippen LogP contribution >= 0.6 is 0 Å². The summed E-state index contributed by atoms with van der Waals surface area (Å²) in [6, 6.07) is 4.70. The first kappa shape index (κ1) is 19.9. The monoisotopic (exact) mass is 395 g/mol. The average molecular weight is 396 g/mol. The molecule has 0 amide bonds. The maximum absolute atomic E-state index is 12.1. The number of nitrogens with one attached hydrogen (secondary N) is 1. The van der Waals surface area contributed by atoms with Gasteiger partial charge in [-0.05, 0) is 69.8 Å². The van der Waals surface area contributed by atoms with Crippen molar-refractivity contribution in [1.29, 1.82) is 0 Å². The molecule has 0 spiro atoms. The quantitative estimate of drug-likeness (QED) is 0.737. The van der Waals surface area contributed by atoms with Crippen LogP contribution in [-0.4, -0.2) is 62.9 Å². The molecule has 1 unspecified atom stereocenters. The minimum atomic E-state index is -3.49. The number of aromatic carboxylic acids is 1. The minimum absolute atomic E-state index is 0.0542. The summed E-state index contributed by atoms with van der Waals surface area (Å²) in [6.45, 7) is 6.71. The number of sulfonamides is 1. The van der Waals surface area contributed by atoms with Gasteiger partial charge in [-0.1, -0.05) is 0 Å². The van der Waals surface area contributed by atoms with Crippen LogP contribution in [0.15, 0.2) is 18.2 Å². The van der Waals surface area contributed by atoms with Gasteiger partial charge in [0.15, 0.2) is 0 Å². The molecule has 2 aliphatic rings. The van der Waals surface area contributed by atoms with Crippen molar-refractivity contribution in [3.05, 3.63) is 23.8 Å². The van der Waals surface area contributed by atoms with E-state index in [4.69, 9.17) is 0 Å². The Labute approximate surface area is 161 Å². The van der Waals surface area contributed by atoms with E-state index < -0.39 is 16.0 Å². The molecule has 7 nitrogen and oxygen atoms in total. The molecule has 0 aromatic heterocycles. The van der Waals surface area contributed by atoms with Crippen molar-refractivity contribution in [3.8, 4) is 0 Å². The number of carboxylic acid groups (broad SMARTS) is 1. The lowest BCUT2D eigenvalue weighted by molar-refractivity contribution is 0.0697. The van der Waals surface area contributed by atoms with Gasteiger partial charge in [0.2, 0.25) is 10.0 Å². The molecule has 0 radical (unpaired) electrons. The summed E-state index contributed by atoms with van der Waals surface area (Å²) in [5, 5.41) is 9.27. The number of carbonyl (C=O) groups is 1. The molecule has 2 N–H and O–H groups in total. The molecule has 0 saturated carbocycles. The number of benzene rings is 1. The Bertz CT molecular complexity index is 775. The zero-order valence-electron chi connectivity index (χ0n) is 15.9. The highest BCUT2D eigenvalue weighted by atomic mass is 32.2. The van der Waals surface area contributed by atoms with Crippen LogP contribution in [0, 0.1) is 5.92 Å². The lowest BCUT2D eigenvalue weighted by Crippen LogP contribution is -2.40. The highest BCUT2D eigenvalue weighted by Crippen LogP contribution is 2.32. The van der Waals surface area contributed by atoms with Crippen molar-refractivity contribution in [2.24, 2.45) is 5.92 Å². The van der Waals surface area contributed by atoms with Crippen LogP contribution in [0.4, 0.5) is 11.4 Å². The van der Waals surface area contributed by atoms with Gasteiger partial charge in [0, 0.05) is 19.6 Å². The van der Waals surface area contributed by atoms with Crippen LogP contribution in [0.3, 0.4) is 0 Å². The Hall–Kier alpha value is -1.80. The lowest BCUT2D eigenvalue weighted by Gasteiger charge is -2.37. The third-order valence-electron chi connectivity index (χ3n) is 5.46. The fourth-order valence-electron chi connectivity index (χ4n) is 4.03. The van der Waals surface area contributed by atoms with Crippen LogP contribution in [-0.2, 0) is 10.0 Å². The van der Waals surface area contributed by atoms with Crippen molar-refractivity contribution < 1.29 is 18.3 Å². The molecular weight excluding hydrogens is 366 g/mol. The van der Waals surface area contributed by atoms with Crippen molar-refractivity contribution in [2.45, 2.75) is 32.6 Å². The van der Waals surface area contributed by atoms with E-state index in [2.05, 4.69) is 14.5 Å². The third-order valence-corrected chi connectivity index (χ3v) is 6.75. The number of hydrogen-bond acceptors (Lipinski definition) is 5. The summed E-state index contributed by atoms with van der Waals surface area (Å²) in [5.41, 5.74) is 1.21. The fraction of sp³-hybridized carbons (Fsp3) is 0.632. The van der Waals surface area contributed by atoms with E-state index in [-0.39, 0.29) is 11.3 Å². The Balaban J connectivity index is 1.81. The Morgan fingerprint density at radius 3 is 2.63 bits per heavy atom. The maximum atomic E-state index is 12.1. The first-order valence-electron chi connectivity index (χ1n) is 9.73. The summed E-state index contributed by atoms with van der Waals surface area (Å²) in [6.07, 6.45) is 4.78. The van der Waals surface area contributed by atoms with Gasteiger partial charge in [-0.2, -0.15) is 0 Å². The SMILES string of the molecule is CCS(=O)(=O)Nc1cc(C(=O)O)ccc1N1CCCC(CN2CCCC2)C1. The number of hydrogen-bond donors (Lipinski definition) is 2. The van der Waals surface area contributed by atoms with Crippen LogP contribution < -0.4 is 9.62 Å². The standard InChI is InChI=1S/C19H29N3O4S/c1-2-27(25,26)20-17-12-16(19(23)24)7-8-18(17)22-11-5-6-15(14-22)13-21-9-3-4-10-21/h7-8,12,15,20H,2-6,9-11,13-14H2,1H3,(H,23,24). The van der Waals surface area contributed by atoms with Crippen molar-refractivity contribution in [1.82, 2.24) is 4.90 Å². The Kier molecular flexibility index (Phi) is 6.26. The average Bonchev–Trinajstić information content (AvgIpc) is 3.14. The van der Waals surface area contributed by atoms with Gasteiger partial charge >= 0.3 is 5.97 Å². The second kappa shape index (κ2) is 8.48. The first-order valence-corrected chi connectivity index (χ1v) is 11.4. The summed E-state index contributed by atoms with van der Waals surface area (Å²) in [4.78, 5) is 16.0. The molecular formula is C19H29N3O4S. The molecule has 150 valence electrons. The molecule has 1 aromatic carbocycles. The van der Waals surface area contributed by atoms with E-state index in [1.807, 2.05) is 0 Å². The second-order valence-corrected chi connectivity index (χ2v) is 9.52. The fourth-order valence-corrected chi connectivity index (χ4v) is 4.67. The number of carboxylic acids is 1. The summed E-state index contributed by atoms with van der Waals surface area (Å²) in [7, 11) is -3.49. The van der Waals surface area contributed by atoms with Crippen LogP contribution in [0.2, 0.25) is 0 Å². The normalized spacial score (nSPS) is 21.4. The molecule has 2 heterocycles. The zero-order chi connectivity index (χ0) is 19.4. The van der Waals surface area contributed by atoms with Crippen molar-refractivity contribution >= 4 is 27.4 Å². The van der Waals surface area contributed by atoms with Crippen molar-refractivity contribution in [3.63, 3.8) is 0 Å². The van der Waals surface area contributed by atoms with Crippen LogP contribution in [0.25, 0.3) is 0 Å². The van der Waals surface area contributed by atoms with E-state index >= 15 is 0 Å². The van der Waals surface area contributed by atoms with E-state index in [0.29, 0.717) is 11.6 Å². The number of piperidine rings is 1. The smallest absolute Gasteiger partial charge is 0.335 e. The summed E-state index contributed by atoms with van der Waals surface area (Å²) >= 11 is 0. The number of rotatable bonds is 7. The first-order chi connectivity index (χ1) is 12.9. The van der Waals surface area contributed by atoms with E-state index in [1.54, 1.807) is 19.1 Å². The number of likely N-dealkylation sites (tertiary alicyclic amines) is 1. The van der Waals surface area contributed by atoms with E-state index in [9.17, 15) is 18.3 Å². The van der Waals surface area contributed by atoms with Crippen LogP contribution in [0.5, 0.6) is 0 Å². The number of anilines is 2. The van der Waals surface area contributed by atoms with Gasteiger partial charge in [-0.3, -0.25) is 4.72 Å². The van der Waals surface area contributed by atoms with Gasteiger partial charge in [0.25, 0.3) is 0 Å². The van der Waals surface area contributed by atoms with E-state index in [0.717, 1.165) is 31.7 Å². The number of nitrogens with zero attached hydrogens (tertiary/aromatic N) is 2. The molecule has 2 saturated heterocycles. The third kappa shape index (κ3) is 5.13. The van der Waals surface area contributed by atoms with Gasteiger partial charge in [-0.15, -0.1) is 0 Å². The Morgan fingerprint density at radius 1 is 1.22 bits per heavy atom. The van der Waals surface area contributed by atoms with Gasteiger partial charge in [0.1, 0.15) is 0 Å². The molecule has 0 aliphatic carbocycles. The molecule has 1 aromatic rings. The molecule has 2 fully saturated rings. The predicted octanol–water partition coefficient (Wildman–Crippen LogP) is 2.46. The lowest BCUT2D eigenvalue weighted by atomic mass is 9.96. The molecule has 1 atom stereocenters. The minimum Gasteiger partial charge on any atom is -0.478 e. The summed E-state index contributed by atoms with van der Waals surface area (Å²) < 4.78 is 26.8. The second-order valence-electron chi connectivity index (χ2n) is 7.50. The van der Waals surface area contributed by atoms with Crippen LogP contribution in [0.1, 0.15) is 43.0 Å². The molecule has 2 aliphatic heterocycles. The van der Waals surface area contributed by atoms with Gasteiger partial charge in [0.05, 0.1) is 22.7 Å². The molecule has 3 rings (SSSR count). The molecule has 27 heavy (non-hydrogen) atoms. The predicted molar refractivity (Wildman–Crippen MR) is 107 cm³/mol. The van der Waals surface area contributed by atoms with Gasteiger partial charge in [-0.25, -0.2) is 13.2 Å². The Morgan fingerprint density at radius 2 is 1.96 bits per heavy atom. The van der Waals surface area contributed by atoms with Gasteiger partial charge < -0.3 is 14.9 Å². The molecule has 8 heteroatoms. The largest absolute Gasteiger partial charge is 0.478 e. The maximum Gasteiger partial charge on any atom is 0.335 e. The zero-order valence-corrected chi connectivity index (χ0v) is 16.7. The van der Waals surface area contributed by atoms with E-state index in [1.165, 1.54) is 38.4 Å².